The summed E-state index contributed by atoms with van der Waals surface area (Å²) in [5.74, 6) is -0.243. The molecule has 16 heavy (non-hydrogen) atoms. The molecule has 0 unspecified atom stereocenters. The molecule has 0 aliphatic heterocycles. The minimum absolute atomic E-state index is 0.243. The normalized spacial score (nSPS) is 10.8. The van der Waals surface area contributed by atoms with Crippen molar-refractivity contribution in [3.8, 4) is 11.3 Å². The van der Waals surface area contributed by atoms with E-state index in [4.69, 9.17) is 0 Å². The number of hydrogen-bond donors (Lipinski definition) is 0. The number of fused-ring (bicyclic) bond motifs is 1. The van der Waals surface area contributed by atoms with Crippen molar-refractivity contribution in [1.29, 1.82) is 0 Å². The monoisotopic (exact) mass is 213 g/mol. The lowest BCUT2D eigenvalue weighted by Crippen LogP contribution is -1.92. The predicted molar refractivity (Wildman–Crippen MR) is 58.4 cm³/mol. The Bertz CT molecular complexity index is 628. The fourth-order valence-corrected chi connectivity index (χ4v) is 1.59. The van der Waals surface area contributed by atoms with E-state index in [1.165, 1.54) is 12.1 Å². The molecule has 0 aliphatic rings. The van der Waals surface area contributed by atoms with Crippen LogP contribution in [0.5, 0.6) is 0 Å². The quantitative estimate of drug-likeness (QED) is 0.621. The van der Waals surface area contributed by atoms with Crippen LogP contribution in [0.15, 0.2) is 48.8 Å². The highest BCUT2D eigenvalue weighted by atomic mass is 19.1. The first-order valence-corrected chi connectivity index (χ1v) is 4.89. The van der Waals surface area contributed by atoms with Crippen molar-refractivity contribution in [3.05, 3.63) is 54.6 Å². The van der Waals surface area contributed by atoms with Crippen LogP contribution in [0.1, 0.15) is 0 Å². The number of imidazole rings is 1. The van der Waals surface area contributed by atoms with Crippen LogP contribution in [0.3, 0.4) is 0 Å². The highest BCUT2D eigenvalue weighted by Crippen LogP contribution is 2.17. The first-order valence-electron chi connectivity index (χ1n) is 4.89. The van der Waals surface area contributed by atoms with Crippen LogP contribution in [-0.2, 0) is 0 Å². The summed E-state index contributed by atoms with van der Waals surface area (Å²) >= 11 is 0. The van der Waals surface area contributed by atoms with Gasteiger partial charge in [-0.3, -0.25) is 0 Å². The summed E-state index contributed by atoms with van der Waals surface area (Å²) in [6.45, 7) is 0. The molecule has 3 nitrogen and oxygen atoms in total. The van der Waals surface area contributed by atoms with E-state index in [-0.39, 0.29) is 5.82 Å². The number of halogens is 1. The summed E-state index contributed by atoms with van der Waals surface area (Å²) in [5.41, 5.74) is 2.48. The lowest BCUT2D eigenvalue weighted by Gasteiger charge is -2.01. The molecule has 2 heterocycles. The molecular weight excluding hydrogens is 205 g/mol. The van der Waals surface area contributed by atoms with E-state index < -0.39 is 0 Å². The van der Waals surface area contributed by atoms with Crippen LogP contribution in [0, 0.1) is 5.82 Å². The maximum Gasteiger partial charge on any atom is 0.153 e. The Morgan fingerprint density at radius 2 is 1.81 bits per heavy atom. The fraction of sp³-hybridized carbons (Fsp3) is 0. The van der Waals surface area contributed by atoms with E-state index in [0.717, 1.165) is 16.9 Å². The van der Waals surface area contributed by atoms with Crippen LogP contribution in [0.4, 0.5) is 4.39 Å². The van der Waals surface area contributed by atoms with E-state index in [9.17, 15) is 4.39 Å². The Balaban J connectivity index is 2.14. The molecule has 1 aromatic carbocycles. The molecule has 0 amide bonds. The van der Waals surface area contributed by atoms with E-state index in [2.05, 4.69) is 10.1 Å². The standard InChI is InChI=1S/C12H8FN3/c13-10-3-1-9(2-4-10)11-5-6-12-14-7-8-16(12)15-11/h1-8H. The third kappa shape index (κ3) is 1.44. The van der Waals surface area contributed by atoms with Crippen molar-refractivity contribution in [2.24, 2.45) is 0 Å². The van der Waals surface area contributed by atoms with Gasteiger partial charge in [0.1, 0.15) is 5.82 Å². The van der Waals surface area contributed by atoms with Gasteiger partial charge < -0.3 is 0 Å². The van der Waals surface area contributed by atoms with Crippen LogP contribution in [0.2, 0.25) is 0 Å². The summed E-state index contributed by atoms with van der Waals surface area (Å²) in [6.07, 6.45) is 3.47. The van der Waals surface area contributed by atoms with Gasteiger partial charge in [0.05, 0.1) is 5.69 Å². The molecule has 0 atom stereocenters. The van der Waals surface area contributed by atoms with E-state index in [0.29, 0.717) is 0 Å². The van der Waals surface area contributed by atoms with Crippen LogP contribution >= 0.6 is 0 Å². The second-order valence-corrected chi connectivity index (χ2v) is 3.46. The Labute approximate surface area is 91.2 Å². The van der Waals surface area contributed by atoms with Gasteiger partial charge in [-0.05, 0) is 36.4 Å². The Hall–Kier alpha value is -2.23. The molecule has 3 aromatic rings. The zero-order valence-corrected chi connectivity index (χ0v) is 8.34. The summed E-state index contributed by atoms with van der Waals surface area (Å²) < 4.78 is 14.5. The zero-order valence-electron chi connectivity index (χ0n) is 8.34. The maximum absolute atomic E-state index is 12.8. The van der Waals surface area contributed by atoms with Crippen molar-refractivity contribution in [2.45, 2.75) is 0 Å². The van der Waals surface area contributed by atoms with Crippen LogP contribution in [-0.4, -0.2) is 14.6 Å². The summed E-state index contributed by atoms with van der Waals surface area (Å²) in [7, 11) is 0. The number of nitrogens with zero attached hydrogens (tertiary/aromatic N) is 3. The van der Waals surface area contributed by atoms with Crippen molar-refractivity contribution in [2.75, 3.05) is 0 Å². The molecule has 0 spiro atoms. The molecule has 0 saturated carbocycles. The molecule has 0 fully saturated rings. The molecule has 0 N–H and O–H groups in total. The number of hydrogen-bond acceptors (Lipinski definition) is 2. The average Bonchev–Trinajstić information content (AvgIpc) is 2.77. The highest BCUT2D eigenvalue weighted by Gasteiger charge is 2.01. The molecule has 78 valence electrons. The van der Waals surface area contributed by atoms with Crippen LogP contribution in [0.25, 0.3) is 16.9 Å². The third-order valence-corrected chi connectivity index (χ3v) is 2.40. The van der Waals surface area contributed by atoms with E-state index in [1.54, 1.807) is 29.0 Å². The lowest BCUT2D eigenvalue weighted by atomic mass is 10.1. The fourth-order valence-electron chi connectivity index (χ4n) is 1.59. The summed E-state index contributed by atoms with van der Waals surface area (Å²) in [4.78, 5) is 4.11. The third-order valence-electron chi connectivity index (χ3n) is 2.40. The second kappa shape index (κ2) is 3.41. The first kappa shape index (κ1) is 9.03. The first-order chi connectivity index (χ1) is 7.83. The minimum Gasteiger partial charge on any atom is -0.236 e. The van der Waals surface area contributed by atoms with E-state index in [1.807, 2.05) is 12.1 Å². The predicted octanol–water partition coefficient (Wildman–Crippen LogP) is 2.54. The van der Waals surface area contributed by atoms with Gasteiger partial charge in [0.2, 0.25) is 0 Å². The molecule has 0 radical (unpaired) electrons. The van der Waals surface area contributed by atoms with E-state index >= 15 is 0 Å². The van der Waals surface area contributed by atoms with Crippen molar-refractivity contribution < 1.29 is 4.39 Å². The van der Waals surface area contributed by atoms with Gasteiger partial charge >= 0.3 is 0 Å². The Kier molecular flexibility index (Phi) is 1.93. The second-order valence-electron chi connectivity index (χ2n) is 3.46. The van der Waals surface area contributed by atoms with Crippen molar-refractivity contribution >= 4 is 5.65 Å². The molecule has 0 bridgehead atoms. The smallest absolute Gasteiger partial charge is 0.153 e. The molecule has 0 saturated heterocycles. The number of aromatic nitrogens is 3. The SMILES string of the molecule is Fc1ccc(-c2ccc3nccn3n2)cc1. The van der Waals surface area contributed by atoms with Gasteiger partial charge in [0.15, 0.2) is 5.65 Å². The highest BCUT2D eigenvalue weighted by molar-refractivity contribution is 5.59. The van der Waals surface area contributed by atoms with Crippen molar-refractivity contribution in [1.82, 2.24) is 14.6 Å². The van der Waals surface area contributed by atoms with Gasteiger partial charge in [-0.1, -0.05) is 0 Å². The van der Waals surface area contributed by atoms with Gasteiger partial charge in [-0.15, -0.1) is 0 Å². The summed E-state index contributed by atoms with van der Waals surface area (Å²) in [5, 5.41) is 4.37. The molecule has 4 heteroatoms. The number of benzene rings is 1. The van der Waals surface area contributed by atoms with Gasteiger partial charge in [-0.25, -0.2) is 13.9 Å². The largest absolute Gasteiger partial charge is 0.236 e. The minimum atomic E-state index is -0.243. The lowest BCUT2D eigenvalue weighted by molar-refractivity contribution is 0.628. The Morgan fingerprint density at radius 3 is 2.62 bits per heavy atom. The topological polar surface area (TPSA) is 30.2 Å². The number of rotatable bonds is 1. The molecule has 3 rings (SSSR count). The van der Waals surface area contributed by atoms with Crippen LogP contribution < -0.4 is 0 Å². The van der Waals surface area contributed by atoms with Crippen molar-refractivity contribution in [3.63, 3.8) is 0 Å². The average molecular weight is 213 g/mol. The zero-order chi connectivity index (χ0) is 11.0. The summed E-state index contributed by atoms with van der Waals surface area (Å²) in [6, 6.07) is 10.0. The molecular formula is C12H8FN3. The maximum atomic E-state index is 12.8. The van der Waals surface area contributed by atoms with Gasteiger partial charge in [0.25, 0.3) is 0 Å². The van der Waals surface area contributed by atoms with Gasteiger partial charge in [0, 0.05) is 18.0 Å². The Morgan fingerprint density at radius 1 is 1.00 bits per heavy atom. The molecule has 0 aliphatic carbocycles. The van der Waals surface area contributed by atoms with Gasteiger partial charge in [-0.2, -0.15) is 5.10 Å². The molecule has 2 aromatic heterocycles.